The van der Waals surface area contributed by atoms with Crippen LogP contribution < -0.4 is 5.56 Å². The Bertz CT molecular complexity index is 1060. The van der Waals surface area contributed by atoms with Crippen LogP contribution in [0.15, 0.2) is 59.4 Å². The number of piperidine rings is 1. The molecule has 2 bridgehead atoms. The topological polar surface area (TPSA) is 49.0 Å². The second-order valence-electron chi connectivity index (χ2n) is 7.92. The van der Waals surface area contributed by atoms with Gasteiger partial charge in [-0.25, -0.2) is 9.37 Å². The van der Waals surface area contributed by atoms with Crippen molar-refractivity contribution in [3.63, 3.8) is 0 Å². The second-order valence-corrected chi connectivity index (χ2v) is 7.92. The molecule has 1 aliphatic heterocycles. The number of H-pyrrole nitrogens is 1. The summed E-state index contributed by atoms with van der Waals surface area (Å²) in [7, 11) is 0. The molecular formula is C23H22FN3O. The molecule has 5 rings (SSSR count). The number of rotatable bonds is 4. The Morgan fingerprint density at radius 2 is 1.93 bits per heavy atom. The Balaban J connectivity index is 1.40. The van der Waals surface area contributed by atoms with Gasteiger partial charge in [-0.15, -0.1) is 0 Å². The van der Waals surface area contributed by atoms with Crippen LogP contribution in [0.1, 0.15) is 24.8 Å². The molecule has 1 aliphatic carbocycles. The van der Waals surface area contributed by atoms with Gasteiger partial charge in [0.05, 0.1) is 5.69 Å². The van der Waals surface area contributed by atoms with Crippen LogP contribution in [0.3, 0.4) is 0 Å². The van der Waals surface area contributed by atoms with Crippen molar-refractivity contribution in [1.82, 2.24) is 14.9 Å². The molecule has 1 saturated heterocycles. The monoisotopic (exact) mass is 375 g/mol. The van der Waals surface area contributed by atoms with E-state index in [1.165, 1.54) is 43.5 Å². The van der Waals surface area contributed by atoms with Crippen LogP contribution in [0.4, 0.5) is 4.39 Å². The minimum absolute atomic E-state index is 0.291. The Hall–Kier alpha value is -2.79. The second kappa shape index (κ2) is 6.99. The number of nitrogens with one attached hydrogen (secondary N) is 1. The number of halogens is 1. The zero-order valence-electron chi connectivity index (χ0n) is 15.6. The number of aromatic nitrogens is 2. The van der Waals surface area contributed by atoms with Crippen molar-refractivity contribution in [2.75, 3.05) is 6.54 Å². The minimum atomic E-state index is -0.387. The number of likely N-dealkylation sites (tertiary alicyclic amines) is 1. The van der Waals surface area contributed by atoms with Gasteiger partial charge >= 0.3 is 0 Å². The zero-order chi connectivity index (χ0) is 19.1. The van der Waals surface area contributed by atoms with Crippen LogP contribution in [0.25, 0.3) is 22.6 Å². The molecule has 0 amide bonds. The molecule has 4 nitrogen and oxygen atoms in total. The predicted molar refractivity (Wildman–Crippen MR) is 107 cm³/mol. The first-order valence-corrected chi connectivity index (χ1v) is 9.85. The van der Waals surface area contributed by atoms with Gasteiger partial charge in [0.2, 0.25) is 0 Å². The van der Waals surface area contributed by atoms with Gasteiger partial charge in [-0.05, 0) is 42.9 Å². The molecule has 2 atom stereocenters. The number of aromatic amines is 1. The first-order chi connectivity index (χ1) is 13.7. The average molecular weight is 375 g/mol. The third kappa shape index (κ3) is 3.27. The molecule has 2 aliphatic rings. The van der Waals surface area contributed by atoms with Gasteiger partial charge in [-0.2, -0.15) is 0 Å². The third-order valence-corrected chi connectivity index (χ3v) is 6.03. The maximum atomic E-state index is 14.1. The van der Waals surface area contributed by atoms with E-state index in [0.717, 1.165) is 24.1 Å². The number of benzene rings is 2. The summed E-state index contributed by atoms with van der Waals surface area (Å²) in [5.41, 5.74) is 2.47. The van der Waals surface area contributed by atoms with Crippen LogP contribution in [0.5, 0.6) is 0 Å². The lowest BCUT2D eigenvalue weighted by molar-refractivity contribution is 0.205. The van der Waals surface area contributed by atoms with Gasteiger partial charge in [0.1, 0.15) is 11.6 Å². The van der Waals surface area contributed by atoms with E-state index in [4.69, 9.17) is 0 Å². The molecule has 0 radical (unpaired) electrons. The van der Waals surface area contributed by atoms with E-state index in [9.17, 15) is 9.18 Å². The molecule has 142 valence electrons. The molecule has 28 heavy (non-hydrogen) atoms. The van der Waals surface area contributed by atoms with Crippen LogP contribution in [-0.2, 0) is 6.54 Å². The molecule has 0 unspecified atom stereocenters. The van der Waals surface area contributed by atoms with Crippen molar-refractivity contribution in [2.45, 2.75) is 31.8 Å². The van der Waals surface area contributed by atoms with Crippen LogP contribution in [0, 0.1) is 11.7 Å². The van der Waals surface area contributed by atoms with E-state index in [-0.39, 0.29) is 11.4 Å². The Morgan fingerprint density at radius 1 is 1.11 bits per heavy atom. The van der Waals surface area contributed by atoms with E-state index >= 15 is 0 Å². The van der Waals surface area contributed by atoms with Crippen LogP contribution >= 0.6 is 0 Å². The molecule has 5 heteroatoms. The van der Waals surface area contributed by atoms with Crippen molar-refractivity contribution < 1.29 is 4.39 Å². The summed E-state index contributed by atoms with van der Waals surface area (Å²) in [6, 6.07) is 16.6. The minimum Gasteiger partial charge on any atom is -0.306 e. The molecule has 2 heterocycles. The summed E-state index contributed by atoms with van der Waals surface area (Å²) in [5, 5.41) is 0. The number of nitrogens with zero attached hydrogens (tertiary/aromatic N) is 2. The van der Waals surface area contributed by atoms with E-state index in [2.05, 4.69) is 27.0 Å². The number of hydrogen-bond donors (Lipinski definition) is 1. The summed E-state index contributed by atoms with van der Waals surface area (Å²) in [6.07, 6.45) is 4.07. The molecule has 1 N–H and O–H groups in total. The molecular weight excluding hydrogens is 353 g/mol. The van der Waals surface area contributed by atoms with Gasteiger partial charge in [0.15, 0.2) is 0 Å². The summed E-state index contributed by atoms with van der Waals surface area (Å²) in [4.78, 5) is 22.0. The lowest BCUT2D eigenvalue weighted by atomic mass is 10.1. The van der Waals surface area contributed by atoms with Crippen molar-refractivity contribution >= 4 is 0 Å². The lowest BCUT2D eigenvalue weighted by Gasteiger charge is -2.26. The first kappa shape index (κ1) is 17.3. The number of fused-ring (bicyclic) bond motifs is 2. The van der Waals surface area contributed by atoms with E-state index < -0.39 is 0 Å². The van der Waals surface area contributed by atoms with Crippen LogP contribution in [0.2, 0.25) is 0 Å². The highest BCUT2D eigenvalue weighted by Gasteiger charge is 2.37. The molecule has 1 aromatic heterocycles. The van der Waals surface area contributed by atoms with E-state index in [1.54, 1.807) is 18.2 Å². The van der Waals surface area contributed by atoms with Crippen molar-refractivity contribution in [3.8, 4) is 22.6 Å². The molecule has 1 saturated carbocycles. The highest BCUT2D eigenvalue weighted by Crippen LogP contribution is 2.38. The largest absolute Gasteiger partial charge is 0.306 e. The van der Waals surface area contributed by atoms with Gasteiger partial charge in [0, 0.05) is 36.3 Å². The van der Waals surface area contributed by atoms with E-state index in [0.29, 0.717) is 17.1 Å². The predicted octanol–water partition coefficient (Wildman–Crippen LogP) is 4.23. The van der Waals surface area contributed by atoms with Gasteiger partial charge in [0.25, 0.3) is 5.56 Å². The fraction of sp³-hybridized carbons (Fsp3) is 0.304. The summed E-state index contributed by atoms with van der Waals surface area (Å²) in [5.74, 6) is 0.957. The molecule has 3 aromatic rings. The van der Waals surface area contributed by atoms with Crippen molar-refractivity contribution in [2.24, 2.45) is 5.92 Å². The summed E-state index contributed by atoms with van der Waals surface area (Å²) >= 11 is 0. The SMILES string of the molecule is O=c1cc(-c2ccccc2F)nc(-c2ccc(CN3C[C@H]4CC[C@H]3C4)cc2)[nH]1. The average Bonchev–Trinajstić information content (AvgIpc) is 3.32. The smallest absolute Gasteiger partial charge is 0.251 e. The van der Waals surface area contributed by atoms with Crippen molar-refractivity contribution in [3.05, 3.63) is 76.3 Å². The summed E-state index contributed by atoms with van der Waals surface area (Å²) in [6.45, 7) is 2.19. The fourth-order valence-corrected chi connectivity index (χ4v) is 4.62. The summed E-state index contributed by atoms with van der Waals surface area (Å²) < 4.78 is 14.1. The number of hydrogen-bond acceptors (Lipinski definition) is 3. The Kier molecular flexibility index (Phi) is 4.32. The normalized spacial score (nSPS) is 21.3. The highest BCUT2D eigenvalue weighted by molar-refractivity contribution is 5.64. The van der Waals surface area contributed by atoms with Gasteiger partial charge in [-0.3, -0.25) is 9.69 Å². The Morgan fingerprint density at radius 3 is 2.64 bits per heavy atom. The van der Waals surface area contributed by atoms with Crippen LogP contribution in [-0.4, -0.2) is 27.5 Å². The standard InChI is InChI=1S/C23H22FN3O/c24-20-4-2-1-3-19(20)21-12-22(28)26-23(25-21)17-8-5-15(6-9-17)13-27-14-16-7-10-18(27)11-16/h1-6,8-9,12,16,18H,7,10-11,13-14H2,(H,25,26,28)/t16-,18-/m0/s1. The Labute approximate surface area is 163 Å². The van der Waals surface area contributed by atoms with Crippen molar-refractivity contribution in [1.29, 1.82) is 0 Å². The maximum absolute atomic E-state index is 14.1. The highest BCUT2D eigenvalue weighted by atomic mass is 19.1. The quantitative estimate of drug-likeness (QED) is 0.742. The third-order valence-electron chi connectivity index (χ3n) is 6.03. The zero-order valence-corrected chi connectivity index (χ0v) is 15.6. The molecule has 2 fully saturated rings. The maximum Gasteiger partial charge on any atom is 0.251 e. The van der Waals surface area contributed by atoms with E-state index in [1.807, 2.05) is 12.1 Å². The first-order valence-electron chi connectivity index (χ1n) is 9.85. The van der Waals surface area contributed by atoms with Gasteiger partial charge in [-0.1, -0.05) is 36.4 Å². The molecule has 2 aromatic carbocycles. The lowest BCUT2D eigenvalue weighted by Crippen LogP contribution is -2.31. The molecule has 0 spiro atoms. The van der Waals surface area contributed by atoms with Gasteiger partial charge < -0.3 is 4.98 Å². The fourth-order valence-electron chi connectivity index (χ4n) is 4.62.